The Bertz CT molecular complexity index is 509. The van der Waals surface area contributed by atoms with Crippen molar-refractivity contribution in [1.82, 2.24) is 0 Å². The zero-order valence-corrected chi connectivity index (χ0v) is 11.9. The average Bonchev–Trinajstić information content (AvgIpc) is 3.24. The summed E-state index contributed by atoms with van der Waals surface area (Å²) in [6.07, 6.45) is 14.4. The van der Waals surface area contributed by atoms with Gasteiger partial charge in [0.25, 0.3) is 0 Å². The molecule has 0 amide bonds. The Kier molecular flexibility index (Phi) is 2.40. The number of carbonyl (C=O) groups is 3. The molecular weight excluding hydrogens is 264 g/mol. The fourth-order valence-corrected chi connectivity index (χ4v) is 4.75. The highest BCUT2D eigenvalue weighted by molar-refractivity contribution is 6.32. The zero-order chi connectivity index (χ0) is 14.7. The lowest BCUT2D eigenvalue weighted by Gasteiger charge is -2.49. The number of hydrogen-bond donors (Lipinski definition) is 0. The van der Waals surface area contributed by atoms with Crippen molar-refractivity contribution in [2.45, 2.75) is 38.5 Å². The summed E-state index contributed by atoms with van der Waals surface area (Å²) in [7, 11) is 0. The lowest BCUT2D eigenvalue weighted by Crippen LogP contribution is -2.64. The van der Waals surface area contributed by atoms with Crippen molar-refractivity contribution in [3.8, 4) is 0 Å². The van der Waals surface area contributed by atoms with Gasteiger partial charge in [0.2, 0.25) is 0 Å². The van der Waals surface area contributed by atoms with E-state index in [4.69, 9.17) is 0 Å². The van der Waals surface area contributed by atoms with E-state index in [2.05, 4.69) is 0 Å². The molecule has 3 nitrogen and oxygen atoms in total. The molecule has 4 aliphatic rings. The standard InChI is InChI=1S/C18H18O3/c19-13-16(7-1-2-8-16)14(20)18(11-5-6-12-18)15(21)17(13)9-3-4-10-17/h1-6H,7-12H2. The summed E-state index contributed by atoms with van der Waals surface area (Å²) < 4.78 is 0. The van der Waals surface area contributed by atoms with E-state index in [1.165, 1.54) is 0 Å². The van der Waals surface area contributed by atoms with Crippen LogP contribution in [-0.2, 0) is 14.4 Å². The van der Waals surface area contributed by atoms with Crippen LogP contribution in [0.2, 0.25) is 0 Å². The van der Waals surface area contributed by atoms with E-state index >= 15 is 0 Å². The minimum absolute atomic E-state index is 0.113. The third-order valence-electron chi connectivity index (χ3n) is 5.91. The summed E-state index contributed by atoms with van der Waals surface area (Å²) in [4.78, 5) is 39.6. The van der Waals surface area contributed by atoms with Crippen LogP contribution in [0.15, 0.2) is 36.5 Å². The first kappa shape index (κ1) is 12.9. The van der Waals surface area contributed by atoms with E-state index in [1.807, 2.05) is 36.5 Å². The Hall–Kier alpha value is -1.77. The number of allylic oxidation sites excluding steroid dienone is 6. The minimum Gasteiger partial charge on any atom is -0.297 e. The van der Waals surface area contributed by atoms with Gasteiger partial charge in [0, 0.05) is 0 Å². The van der Waals surface area contributed by atoms with Crippen LogP contribution < -0.4 is 0 Å². The minimum atomic E-state index is -0.966. The first-order valence-electron chi connectivity index (χ1n) is 7.68. The molecule has 3 spiro atoms. The highest BCUT2D eigenvalue weighted by atomic mass is 16.2. The monoisotopic (exact) mass is 282 g/mol. The Morgan fingerprint density at radius 1 is 0.476 bits per heavy atom. The van der Waals surface area contributed by atoms with Crippen LogP contribution in [0.4, 0.5) is 0 Å². The Morgan fingerprint density at radius 2 is 0.667 bits per heavy atom. The average molecular weight is 282 g/mol. The van der Waals surface area contributed by atoms with Crippen LogP contribution >= 0.6 is 0 Å². The van der Waals surface area contributed by atoms with Gasteiger partial charge in [0.05, 0.1) is 16.2 Å². The number of Topliss-reactive ketones (excluding diaryl/α,β-unsaturated/α-hetero) is 3. The molecule has 0 aromatic rings. The zero-order valence-electron chi connectivity index (χ0n) is 11.9. The molecule has 0 heterocycles. The third-order valence-corrected chi connectivity index (χ3v) is 5.91. The SMILES string of the molecule is O=C1C2(CC=CC2)C(=O)C2(CC=CC2)C(=O)C12CC=CC2. The van der Waals surface area contributed by atoms with Crippen molar-refractivity contribution in [2.75, 3.05) is 0 Å². The van der Waals surface area contributed by atoms with E-state index in [0.29, 0.717) is 38.5 Å². The molecule has 1 fully saturated rings. The van der Waals surface area contributed by atoms with Gasteiger partial charge in [-0.05, 0) is 38.5 Å². The van der Waals surface area contributed by atoms with Gasteiger partial charge >= 0.3 is 0 Å². The molecule has 1 saturated carbocycles. The highest BCUT2D eigenvalue weighted by Crippen LogP contribution is 2.59. The van der Waals surface area contributed by atoms with E-state index in [9.17, 15) is 14.4 Å². The quantitative estimate of drug-likeness (QED) is 0.507. The molecule has 0 aromatic heterocycles. The second-order valence-corrected chi connectivity index (χ2v) is 6.87. The molecular formula is C18H18O3. The number of carbonyl (C=O) groups excluding carboxylic acids is 3. The van der Waals surface area contributed by atoms with E-state index in [1.54, 1.807) is 0 Å². The number of hydrogen-bond acceptors (Lipinski definition) is 3. The van der Waals surface area contributed by atoms with Crippen molar-refractivity contribution in [3.63, 3.8) is 0 Å². The summed E-state index contributed by atoms with van der Waals surface area (Å²) in [6.45, 7) is 0. The molecule has 3 heteroatoms. The number of rotatable bonds is 0. The Morgan fingerprint density at radius 3 is 0.857 bits per heavy atom. The molecule has 0 aromatic carbocycles. The lowest BCUT2D eigenvalue weighted by atomic mass is 9.48. The molecule has 0 atom stereocenters. The van der Waals surface area contributed by atoms with Crippen molar-refractivity contribution in [2.24, 2.45) is 16.2 Å². The Balaban J connectivity index is 1.90. The van der Waals surface area contributed by atoms with E-state index in [-0.39, 0.29) is 17.3 Å². The highest BCUT2D eigenvalue weighted by Gasteiger charge is 2.70. The topological polar surface area (TPSA) is 51.2 Å². The second-order valence-electron chi connectivity index (χ2n) is 6.87. The first-order valence-corrected chi connectivity index (χ1v) is 7.68. The van der Waals surface area contributed by atoms with Crippen LogP contribution in [0.25, 0.3) is 0 Å². The molecule has 4 rings (SSSR count). The van der Waals surface area contributed by atoms with Crippen LogP contribution in [0, 0.1) is 16.2 Å². The van der Waals surface area contributed by atoms with Gasteiger partial charge in [-0.2, -0.15) is 0 Å². The summed E-state index contributed by atoms with van der Waals surface area (Å²) in [5.74, 6) is -0.340. The van der Waals surface area contributed by atoms with Crippen molar-refractivity contribution >= 4 is 17.3 Å². The summed E-state index contributed by atoms with van der Waals surface area (Å²) in [5.41, 5.74) is -2.90. The van der Waals surface area contributed by atoms with Gasteiger partial charge in [0.1, 0.15) is 0 Å². The van der Waals surface area contributed by atoms with Gasteiger partial charge in [-0.3, -0.25) is 14.4 Å². The maximum atomic E-state index is 13.2. The predicted molar refractivity (Wildman–Crippen MR) is 77.4 cm³/mol. The number of ketones is 3. The van der Waals surface area contributed by atoms with Crippen LogP contribution in [-0.4, -0.2) is 17.3 Å². The molecule has 0 unspecified atom stereocenters. The van der Waals surface area contributed by atoms with Gasteiger partial charge in [0.15, 0.2) is 17.3 Å². The van der Waals surface area contributed by atoms with Gasteiger partial charge in [-0.1, -0.05) is 36.5 Å². The lowest BCUT2D eigenvalue weighted by molar-refractivity contribution is -0.169. The van der Waals surface area contributed by atoms with E-state index < -0.39 is 16.2 Å². The fraction of sp³-hybridized carbons (Fsp3) is 0.500. The predicted octanol–water partition coefficient (Wildman–Crippen LogP) is 2.72. The second kappa shape index (κ2) is 3.90. The maximum absolute atomic E-state index is 13.2. The fourth-order valence-electron chi connectivity index (χ4n) is 4.75. The van der Waals surface area contributed by atoms with Crippen LogP contribution in [0.1, 0.15) is 38.5 Å². The van der Waals surface area contributed by atoms with Crippen LogP contribution in [0.3, 0.4) is 0 Å². The van der Waals surface area contributed by atoms with Crippen molar-refractivity contribution < 1.29 is 14.4 Å². The summed E-state index contributed by atoms with van der Waals surface area (Å²) in [6, 6.07) is 0. The summed E-state index contributed by atoms with van der Waals surface area (Å²) >= 11 is 0. The van der Waals surface area contributed by atoms with Gasteiger partial charge < -0.3 is 0 Å². The van der Waals surface area contributed by atoms with Crippen molar-refractivity contribution in [3.05, 3.63) is 36.5 Å². The molecule has 0 aliphatic heterocycles. The van der Waals surface area contributed by atoms with Gasteiger partial charge in [-0.25, -0.2) is 0 Å². The largest absolute Gasteiger partial charge is 0.297 e. The smallest absolute Gasteiger partial charge is 0.161 e. The molecule has 0 saturated heterocycles. The van der Waals surface area contributed by atoms with Crippen LogP contribution in [0.5, 0.6) is 0 Å². The molecule has 21 heavy (non-hydrogen) atoms. The third kappa shape index (κ3) is 1.28. The molecule has 0 N–H and O–H groups in total. The first-order chi connectivity index (χ1) is 10.1. The Labute approximate surface area is 123 Å². The van der Waals surface area contributed by atoms with E-state index in [0.717, 1.165) is 0 Å². The van der Waals surface area contributed by atoms with Crippen molar-refractivity contribution in [1.29, 1.82) is 0 Å². The summed E-state index contributed by atoms with van der Waals surface area (Å²) in [5, 5.41) is 0. The molecule has 0 radical (unpaired) electrons. The molecule has 4 aliphatic carbocycles. The molecule has 108 valence electrons. The maximum Gasteiger partial charge on any atom is 0.161 e. The molecule has 0 bridgehead atoms. The van der Waals surface area contributed by atoms with Gasteiger partial charge in [-0.15, -0.1) is 0 Å². The normalized spacial score (nSPS) is 30.6.